The van der Waals surface area contributed by atoms with Crippen molar-refractivity contribution in [2.45, 2.75) is 45.5 Å². The molecule has 1 saturated carbocycles. The van der Waals surface area contributed by atoms with E-state index >= 15 is 0 Å². The quantitative estimate of drug-likeness (QED) is 0.902. The fourth-order valence-electron chi connectivity index (χ4n) is 2.77. The van der Waals surface area contributed by atoms with Crippen LogP contribution < -0.4 is 5.32 Å². The van der Waals surface area contributed by atoms with Crippen LogP contribution >= 0.6 is 0 Å². The lowest BCUT2D eigenvalue weighted by Gasteiger charge is -2.26. The Morgan fingerprint density at radius 1 is 1.40 bits per heavy atom. The Morgan fingerprint density at radius 2 is 2.10 bits per heavy atom. The van der Waals surface area contributed by atoms with Crippen molar-refractivity contribution in [1.82, 2.24) is 10.3 Å². The van der Waals surface area contributed by atoms with Gasteiger partial charge >= 0.3 is 0 Å². The molecular weight excluding hydrogens is 262 g/mol. The lowest BCUT2D eigenvalue weighted by atomic mass is 9.85. The van der Waals surface area contributed by atoms with Crippen molar-refractivity contribution in [2.24, 2.45) is 5.41 Å². The summed E-state index contributed by atoms with van der Waals surface area (Å²) in [7, 11) is 0. The summed E-state index contributed by atoms with van der Waals surface area (Å²) in [6.07, 6.45) is -0.0263. The Hall–Kier alpha value is -1.52. The minimum Gasteiger partial charge on any atom is -0.355 e. The molecule has 0 spiro atoms. The predicted octanol–water partition coefficient (Wildman–Crippen LogP) is 2.87. The maximum atomic E-state index is 13.2. The molecule has 0 unspecified atom stereocenters. The molecule has 1 N–H and O–H groups in total. The number of nitrogens with one attached hydrogen (secondary N) is 1. The summed E-state index contributed by atoms with van der Waals surface area (Å²) in [4.78, 5) is 16.4. The Bertz CT molecular complexity index is 471. The summed E-state index contributed by atoms with van der Waals surface area (Å²) >= 11 is 0. The molecule has 0 saturated heterocycles. The lowest BCUT2D eigenvalue weighted by molar-refractivity contribution is -0.140. The summed E-state index contributed by atoms with van der Waals surface area (Å²) in [5.41, 5.74) is 0.316. The average molecular weight is 282 g/mol. The van der Waals surface area contributed by atoms with E-state index in [2.05, 4.69) is 10.3 Å². The molecule has 0 aliphatic heterocycles. The number of nitrogens with zero attached hydrogens (tertiary/aromatic N) is 1. The van der Waals surface area contributed by atoms with E-state index in [0.29, 0.717) is 38.6 Å². The molecule has 110 valence electrons. The van der Waals surface area contributed by atoms with Gasteiger partial charge in [0.05, 0.1) is 0 Å². The molecule has 1 heterocycles. The van der Waals surface area contributed by atoms with E-state index in [1.165, 1.54) is 0 Å². The number of hydrogen-bond donors (Lipinski definition) is 1. The first-order chi connectivity index (χ1) is 9.54. The first kappa shape index (κ1) is 14.9. The zero-order chi connectivity index (χ0) is 14.6. The minimum absolute atomic E-state index is 0.291. The van der Waals surface area contributed by atoms with Gasteiger partial charge in [-0.3, -0.25) is 9.78 Å². The van der Waals surface area contributed by atoms with E-state index in [1.54, 1.807) is 0 Å². The third kappa shape index (κ3) is 3.14. The fourth-order valence-corrected chi connectivity index (χ4v) is 2.77. The SMILES string of the molecule is Cc1cccc(CCNC(=O)C2(C(F)F)CCCC2)n1. The van der Waals surface area contributed by atoms with Crippen molar-refractivity contribution >= 4 is 5.91 Å². The summed E-state index contributed by atoms with van der Waals surface area (Å²) in [6, 6.07) is 5.67. The molecule has 1 amide bonds. The second-order valence-electron chi connectivity index (χ2n) is 5.44. The van der Waals surface area contributed by atoms with Crippen LogP contribution in [0.3, 0.4) is 0 Å². The van der Waals surface area contributed by atoms with Crippen LogP contribution in [0.4, 0.5) is 8.78 Å². The molecule has 0 aromatic carbocycles. The molecule has 20 heavy (non-hydrogen) atoms. The second-order valence-corrected chi connectivity index (χ2v) is 5.44. The number of amides is 1. The standard InChI is InChI=1S/C15H20F2N2O/c1-11-5-4-6-12(19-11)7-10-18-14(20)15(13(16)17)8-2-3-9-15/h4-6,13H,2-3,7-10H2,1H3,(H,18,20). The van der Waals surface area contributed by atoms with Crippen LogP contribution in [-0.4, -0.2) is 23.9 Å². The molecule has 0 atom stereocenters. The molecule has 1 aromatic rings. The number of aryl methyl sites for hydroxylation is 1. The first-order valence-corrected chi connectivity index (χ1v) is 7.03. The van der Waals surface area contributed by atoms with Crippen LogP contribution in [0, 0.1) is 12.3 Å². The van der Waals surface area contributed by atoms with Crippen molar-refractivity contribution in [1.29, 1.82) is 0 Å². The van der Waals surface area contributed by atoms with Crippen molar-refractivity contribution in [3.05, 3.63) is 29.6 Å². The fraction of sp³-hybridized carbons (Fsp3) is 0.600. The maximum Gasteiger partial charge on any atom is 0.252 e. The van der Waals surface area contributed by atoms with E-state index in [-0.39, 0.29) is 0 Å². The highest BCUT2D eigenvalue weighted by Crippen LogP contribution is 2.43. The molecule has 1 fully saturated rings. The van der Waals surface area contributed by atoms with Gasteiger partial charge in [0.15, 0.2) is 0 Å². The topological polar surface area (TPSA) is 42.0 Å². The normalized spacial score (nSPS) is 17.4. The van der Waals surface area contributed by atoms with Crippen molar-refractivity contribution < 1.29 is 13.6 Å². The largest absolute Gasteiger partial charge is 0.355 e. The van der Waals surface area contributed by atoms with Gasteiger partial charge < -0.3 is 5.32 Å². The smallest absolute Gasteiger partial charge is 0.252 e. The van der Waals surface area contributed by atoms with Gasteiger partial charge in [0.2, 0.25) is 5.91 Å². The number of halogens is 2. The number of carbonyl (C=O) groups excluding carboxylic acids is 1. The molecule has 2 rings (SSSR count). The Morgan fingerprint density at radius 3 is 2.70 bits per heavy atom. The molecular formula is C15H20F2N2O. The van der Waals surface area contributed by atoms with E-state index in [9.17, 15) is 13.6 Å². The van der Waals surface area contributed by atoms with Gasteiger partial charge in [-0.15, -0.1) is 0 Å². The van der Waals surface area contributed by atoms with Crippen molar-refractivity contribution in [3.63, 3.8) is 0 Å². The van der Waals surface area contributed by atoms with Crippen LogP contribution in [0.15, 0.2) is 18.2 Å². The van der Waals surface area contributed by atoms with Crippen LogP contribution in [0.1, 0.15) is 37.1 Å². The van der Waals surface area contributed by atoms with Gasteiger partial charge in [-0.2, -0.15) is 0 Å². The lowest BCUT2D eigenvalue weighted by Crippen LogP contribution is -2.44. The van der Waals surface area contributed by atoms with Gasteiger partial charge in [-0.1, -0.05) is 18.9 Å². The van der Waals surface area contributed by atoms with Crippen molar-refractivity contribution in [2.75, 3.05) is 6.54 Å². The number of hydrogen-bond acceptors (Lipinski definition) is 2. The predicted molar refractivity (Wildman–Crippen MR) is 72.6 cm³/mol. The number of carbonyl (C=O) groups is 1. The van der Waals surface area contributed by atoms with E-state index in [0.717, 1.165) is 11.4 Å². The highest BCUT2D eigenvalue weighted by atomic mass is 19.3. The Labute approximate surface area is 117 Å². The third-order valence-electron chi connectivity index (χ3n) is 3.98. The van der Waals surface area contributed by atoms with Gasteiger partial charge in [-0.25, -0.2) is 8.78 Å². The molecule has 5 heteroatoms. The van der Waals surface area contributed by atoms with Gasteiger partial charge in [0.25, 0.3) is 6.43 Å². The monoisotopic (exact) mass is 282 g/mol. The number of aromatic nitrogens is 1. The molecule has 0 bridgehead atoms. The Balaban J connectivity index is 1.88. The average Bonchev–Trinajstić information content (AvgIpc) is 2.89. The third-order valence-corrected chi connectivity index (χ3v) is 3.98. The second kappa shape index (κ2) is 6.29. The zero-order valence-electron chi connectivity index (χ0n) is 11.7. The van der Waals surface area contributed by atoms with Crippen LogP contribution in [-0.2, 0) is 11.2 Å². The van der Waals surface area contributed by atoms with Crippen LogP contribution in [0.2, 0.25) is 0 Å². The summed E-state index contributed by atoms with van der Waals surface area (Å²) in [5.74, 6) is -0.502. The number of rotatable bonds is 5. The van der Waals surface area contributed by atoms with Crippen LogP contribution in [0.25, 0.3) is 0 Å². The highest BCUT2D eigenvalue weighted by molar-refractivity contribution is 5.83. The molecule has 0 radical (unpaired) electrons. The minimum atomic E-state index is -2.58. The first-order valence-electron chi connectivity index (χ1n) is 7.03. The highest BCUT2D eigenvalue weighted by Gasteiger charge is 2.48. The summed E-state index contributed by atoms with van der Waals surface area (Å²) in [5, 5.41) is 2.66. The summed E-state index contributed by atoms with van der Waals surface area (Å²) < 4.78 is 26.4. The van der Waals surface area contributed by atoms with Gasteiger partial charge in [0.1, 0.15) is 5.41 Å². The maximum absolute atomic E-state index is 13.2. The molecule has 1 aliphatic rings. The van der Waals surface area contributed by atoms with E-state index in [4.69, 9.17) is 0 Å². The van der Waals surface area contributed by atoms with Crippen LogP contribution in [0.5, 0.6) is 0 Å². The molecule has 3 nitrogen and oxygen atoms in total. The number of pyridine rings is 1. The van der Waals surface area contributed by atoms with E-state index in [1.807, 2.05) is 25.1 Å². The van der Waals surface area contributed by atoms with Gasteiger partial charge in [-0.05, 0) is 31.9 Å². The van der Waals surface area contributed by atoms with E-state index < -0.39 is 17.7 Å². The van der Waals surface area contributed by atoms with Gasteiger partial charge in [0, 0.05) is 24.4 Å². The zero-order valence-corrected chi connectivity index (χ0v) is 11.7. The summed E-state index contributed by atoms with van der Waals surface area (Å²) in [6.45, 7) is 2.25. The number of alkyl halides is 2. The molecule has 1 aliphatic carbocycles. The van der Waals surface area contributed by atoms with Crippen molar-refractivity contribution in [3.8, 4) is 0 Å². The molecule has 1 aromatic heterocycles. The Kier molecular flexibility index (Phi) is 4.68.